The molecular weight excluding hydrogens is 502 g/mol. The number of nitrogens with one attached hydrogen (secondary N) is 2. The molecule has 39 heavy (non-hydrogen) atoms. The standard InChI is InChI=1S/C31H33N7S/c1-3-21(2)32-26-15-16-27(23-12-6-5-11-22(23)26)33-28-17-18-29(25-14-8-7-13-24(25)28)34-35-30-36-37-31(39-30)38-19-9-4-10-20-38/h5-8,11-18,21,32-33H,3-4,9-10,19-20H2,1-2H3/b35-34+. The zero-order valence-electron chi connectivity index (χ0n) is 22.4. The maximum absolute atomic E-state index is 4.59. The van der Waals surface area contributed by atoms with Crippen molar-refractivity contribution in [2.45, 2.75) is 45.6 Å². The largest absolute Gasteiger partial charge is 0.382 e. The first-order valence-corrected chi connectivity index (χ1v) is 14.6. The van der Waals surface area contributed by atoms with E-state index in [4.69, 9.17) is 0 Å². The van der Waals surface area contributed by atoms with Gasteiger partial charge in [0.15, 0.2) is 0 Å². The van der Waals surface area contributed by atoms with Gasteiger partial charge in [0, 0.05) is 57.7 Å². The molecule has 0 spiro atoms. The van der Waals surface area contributed by atoms with E-state index in [1.54, 1.807) is 0 Å². The van der Waals surface area contributed by atoms with Crippen LogP contribution < -0.4 is 15.5 Å². The number of nitrogens with zero attached hydrogens (tertiary/aromatic N) is 5. The minimum absolute atomic E-state index is 0.411. The fourth-order valence-electron chi connectivity index (χ4n) is 5.08. The Bertz CT molecular complexity index is 1620. The van der Waals surface area contributed by atoms with Gasteiger partial charge in [-0.15, -0.1) is 20.4 Å². The van der Waals surface area contributed by atoms with Crippen molar-refractivity contribution in [2.24, 2.45) is 10.2 Å². The van der Waals surface area contributed by atoms with E-state index in [2.05, 4.69) is 110 Å². The van der Waals surface area contributed by atoms with Gasteiger partial charge in [0.25, 0.3) is 5.13 Å². The number of hydrogen-bond donors (Lipinski definition) is 2. The van der Waals surface area contributed by atoms with Crippen molar-refractivity contribution >= 4 is 65.9 Å². The van der Waals surface area contributed by atoms with Crippen molar-refractivity contribution in [3.8, 4) is 0 Å². The molecule has 1 aliphatic rings. The van der Waals surface area contributed by atoms with Crippen LogP contribution in [0.15, 0.2) is 83.0 Å². The lowest BCUT2D eigenvalue weighted by Crippen LogP contribution is -2.29. The van der Waals surface area contributed by atoms with Gasteiger partial charge in [-0.2, -0.15) is 0 Å². The summed E-state index contributed by atoms with van der Waals surface area (Å²) in [5.41, 5.74) is 4.06. The van der Waals surface area contributed by atoms with Crippen LogP contribution in [0.1, 0.15) is 39.5 Å². The van der Waals surface area contributed by atoms with Gasteiger partial charge in [-0.3, -0.25) is 0 Å². The molecule has 0 amide bonds. The molecule has 0 aliphatic carbocycles. The van der Waals surface area contributed by atoms with Gasteiger partial charge < -0.3 is 15.5 Å². The van der Waals surface area contributed by atoms with E-state index in [1.165, 1.54) is 41.4 Å². The Morgan fingerprint density at radius 3 is 2.10 bits per heavy atom. The molecule has 198 valence electrons. The van der Waals surface area contributed by atoms with Gasteiger partial charge in [-0.1, -0.05) is 66.8 Å². The molecule has 1 saturated heterocycles. The molecule has 1 aromatic heterocycles. The third-order valence-corrected chi connectivity index (χ3v) is 8.25. The van der Waals surface area contributed by atoms with Crippen molar-refractivity contribution < 1.29 is 0 Å². The first-order chi connectivity index (χ1) is 19.2. The molecule has 1 fully saturated rings. The summed E-state index contributed by atoms with van der Waals surface area (Å²) in [6.45, 7) is 6.49. The third-order valence-electron chi connectivity index (χ3n) is 7.38. The molecule has 8 heteroatoms. The van der Waals surface area contributed by atoms with Gasteiger partial charge >= 0.3 is 0 Å². The van der Waals surface area contributed by atoms with Gasteiger partial charge in [-0.25, -0.2) is 0 Å². The highest BCUT2D eigenvalue weighted by Gasteiger charge is 2.16. The number of benzene rings is 4. The van der Waals surface area contributed by atoms with Crippen LogP contribution in [0.5, 0.6) is 0 Å². The summed E-state index contributed by atoms with van der Waals surface area (Å²) in [6.07, 6.45) is 4.77. The smallest absolute Gasteiger partial charge is 0.253 e. The number of rotatable bonds is 8. The first-order valence-electron chi connectivity index (χ1n) is 13.8. The van der Waals surface area contributed by atoms with E-state index in [1.807, 2.05) is 12.1 Å². The second-order valence-corrected chi connectivity index (χ2v) is 11.0. The van der Waals surface area contributed by atoms with Gasteiger partial charge in [0.05, 0.1) is 5.69 Å². The number of piperidine rings is 1. The molecule has 4 aromatic carbocycles. The molecule has 2 N–H and O–H groups in total. The zero-order valence-corrected chi connectivity index (χ0v) is 23.2. The molecule has 1 atom stereocenters. The Morgan fingerprint density at radius 1 is 0.769 bits per heavy atom. The maximum Gasteiger partial charge on any atom is 0.253 e. The predicted octanol–water partition coefficient (Wildman–Crippen LogP) is 9.20. The van der Waals surface area contributed by atoms with Crippen LogP contribution in [0.2, 0.25) is 0 Å². The van der Waals surface area contributed by atoms with Crippen molar-refractivity contribution in [2.75, 3.05) is 28.6 Å². The second-order valence-electron chi connectivity index (χ2n) is 10.1. The van der Waals surface area contributed by atoms with E-state index in [-0.39, 0.29) is 0 Å². The Labute approximate surface area is 233 Å². The fraction of sp³-hybridized carbons (Fsp3) is 0.290. The summed E-state index contributed by atoms with van der Waals surface area (Å²) in [5.74, 6) is 0. The van der Waals surface area contributed by atoms with Crippen molar-refractivity contribution in [3.05, 3.63) is 72.8 Å². The molecule has 1 aliphatic heterocycles. The van der Waals surface area contributed by atoms with Crippen LogP contribution in [-0.2, 0) is 0 Å². The van der Waals surface area contributed by atoms with E-state index in [0.717, 1.165) is 58.2 Å². The third kappa shape index (κ3) is 5.43. The van der Waals surface area contributed by atoms with Gasteiger partial charge in [0.1, 0.15) is 0 Å². The average molecular weight is 536 g/mol. The summed E-state index contributed by atoms with van der Waals surface area (Å²) >= 11 is 1.50. The first kappa shape index (κ1) is 25.2. The summed E-state index contributed by atoms with van der Waals surface area (Å²) in [4.78, 5) is 2.30. The van der Waals surface area contributed by atoms with Crippen molar-refractivity contribution in [1.29, 1.82) is 0 Å². The molecule has 1 unspecified atom stereocenters. The van der Waals surface area contributed by atoms with Crippen LogP contribution in [0.25, 0.3) is 21.5 Å². The van der Waals surface area contributed by atoms with Gasteiger partial charge in [0.2, 0.25) is 5.13 Å². The van der Waals surface area contributed by atoms with Crippen LogP contribution in [-0.4, -0.2) is 29.3 Å². The highest BCUT2D eigenvalue weighted by molar-refractivity contribution is 7.18. The highest BCUT2D eigenvalue weighted by Crippen LogP contribution is 2.38. The maximum atomic E-state index is 4.59. The zero-order chi connectivity index (χ0) is 26.6. The average Bonchev–Trinajstić information content (AvgIpc) is 3.47. The fourth-order valence-corrected chi connectivity index (χ4v) is 5.80. The lowest BCUT2D eigenvalue weighted by atomic mass is 10.0. The van der Waals surface area contributed by atoms with E-state index < -0.39 is 0 Å². The molecule has 0 radical (unpaired) electrons. The second kappa shape index (κ2) is 11.4. The normalized spacial score (nSPS) is 14.8. The molecule has 5 aromatic rings. The van der Waals surface area contributed by atoms with Crippen LogP contribution >= 0.6 is 11.3 Å². The Kier molecular flexibility index (Phi) is 7.36. The molecule has 0 bridgehead atoms. The molecule has 6 rings (SSSR count). The quantitative estimate of drug-likeness (QED) is 0.194. The van der Waals surface area contributed by atoms with Gasteiger partial charge in [-0.05, 0) is 56.9 Å². The van der Waals surface area contributed by atoms with Crippen molar-refractivity contribution in [3.63, 3.8) is 0 Å². The van der Waals surface area contributed by atoms with Crippen LogP contribution in [0.3, 0.4) is 0 Å². The van der Waals surface area contributed by atoms with Crippen LogP contribution in [0, 0.1) is 0 Å². The predicted molar refractivity (Wildman–Crippen MR) is 165 cm³/mol. The van der Waals surface area contributed by atoms with E-state index >= 15 is 0 Å². The van der Waals surface area contributed by atoms with Crippen molar-refractivity contribution in [1.82, 2.24) is 10.2 Å². The van der Waals surface area contributed by atoms with E-state index in [9.17, 15) is 0 Å². The summed E-state index contributed by atoms with van der Waals surface area (Å²) in [7, 11) is 0. The number of hydrogen-bond acceptors (Lipinski definition) is 8. The summed E-state index contributed by atoms with van der Waals surface area (Å²) in [5, 5.41) is 31.0. The number of aromatic nitrogens is 2. The minimum atomic E-state index is 0.411. The SMILES string of the molecule is CCC(C)Nc1ccc(Nc2ccc(/N=N/c3nnc(N4CCCCC4)s3)c3ccccc23)c2ccccc12. The minimum Gasteiger partial charge on any atom is -0.382 e. The van der Waals surface area contributed by atoms with Crippen LogP contribution in [0.4, 0.5) is 33.0 Å². The molecule has 0 saturated carbocycles. The summed E-state index contributed by atoms with van der Waals surface area (Å²) < 4.78 is 0. The molecule has 7 nitrogen and oxygen atoms in total. The Balaban J connectivity index is 1.29. The molecule has 2 heterocycles. The Hall–Kier alpha value is -4.04. The number of azo groups is 1. The lowest BCUT2D eigenvalue weighted by molar-refractivity contribution is 0.575. The number of fused-ring (bicyclic) bond motifs is 2. The topological polar surface area (TPSA) is 77.8 Å². The Morgan fingerprint density at radius 2 is 1.38 bits per heavy atom. The molecular formula is C31H33N7S. The summed E-state index contributed by atoms with van der Waals surface area (Å²) in [6, 6.07) is 25.7. The number of anilines is 4. The lowest BCUT2D eigenvalue weighted by Gasteiger charge is -2.25. The monoisotopic (exact) mass is 535 g/mol. The van der Waals surface area contributed by atoms with E-state index in [0.29, 0.717) is 11.2 Å². The highest BCUT2D eigenvalue weighted by atomic mass is 32.1.